The third kappa shape index (κ3) is 4.29. The highest BCUT2D eigenvalue weighted by Gasteiger charge is 2.34. The summed E-state index contributed by atoms with van der Waals surface area (Å²) in [6.07, 6.45) is -0.797. The van der Waals surface area contributed by atoms with Crippen molar-refractivity contribution in [2.24, 2.45) is 5.92 Å². The van der Waals surface area contributed by atoms with Gasteiger partial charge in [0.15, 0.2) is 0 Å². The lowest BCUT2D eigenvalue weighted by Crippen LogP contribution is -2.45. The van der Waals surface area contributed by atoms with Crippen molar-refractivity contribution < 1.29 is 17.9 Å². The van der Waals surface area contributed by atoms with Crippen LogP contribution in [0, 0.1) is 5.92 Å². The maximum absolute atomic E-state index is 12.1. The van der Waals surface area contributed by atoms with Crippen molar-refractivity contribution in [3.8, 4) is 0 Å². The number of nitrogens with one attached hydrogen (secondary N) is 1. The molecule has 1 rings (SSSR count). The van der Waals surface area contributed by atoms with Crippen LogP contribution in [0.25, 0.3) is 0 Å². The number of alkyl halides is 3. The Balaban J connectivity index is 2.45. The van der Waals surface area contributed by atoms with Crippen molar-refractivity contribution in [3.05, 3.63) is 0 Å². The lowest BCUT2D eigenvalue weighted by atomic mass is 9.82. The molecule has 0 bridgehead atoms. The Morgan fingerprint density at radius 3 is 2.50 bits per heavy atom. The predicted molar refractivity (Wildman–Crippen MR) is 56.3 cm³/mol. The van der Waals surface area contributed by atoms with Crippen LogP contribution in [0.15, 0.2) is 0 Å². The minimum Gasteiger partial charge on any atom is -0.367 e. The number of hydrogen-bond donors (Lipinski definition) is 1. The van der Waals surface area contributed by atoms with Gasteiger partial charge in [-0.05, 0) is 32.2 Å². The zero-order valence-electron chi connectivity index (χ0n) is 9.81. The van der Waals surface area contributed by atoms with Crippen molar-refractivity contribution in [1.82, 2.24) is 5.32 Å². The molecule has 16 heavy (non-hydrogen) atoms. The number of halogens is 3. The fraction of sp³-hybridized carbons (Fsp3) is 1.00. The first-order valence-electron chi connectivity index (χ1n) is 5.82. The highest BCUT2D eigenvalue weighted by molar-refractivity contribution is 4.84. The first kappa shape index (κ1) is 13.8. The Hall–Kier alpha value is -0.290. The van der Waals surface area contributed by atoms with Gasteiger partial charge in [0.05, 0.1) is 6.10 Å². The largest absolute Gasteiger partial charge is 0.411 e. The minimum absolute atomic E-state index is 0.0603. The predicted octanol–water partition coefficient (Wildman–Crippen LogP) is 2.73. The van der Waals surface area contributed by atoms with Crippen molar-refractivity contribution in [3.63, 3.8) is 0 Å². The summed E-state index contributed by atoms with van der Waals surface area (Å²) in [5, 5.41) is 3.04. The van der Waals surface area contributed by atoms with E-state index in [0.717, 1.165) is 25.7 Å². The van der Waals surface area contributed by atoms with Gasteiger partial charge in [0.25, 0.3) is 0 Å². The van der Waals surface area contributed by atoms with E-state index < -0.39 is 12.8 Å². The second kappa shape index (κ2) is 5.87. The van der Waals surface area contributed by atoms with E-state index >= 15 is 0 Å². The minimum atomic E-state index is -4.22. The Morgan fingerprint density at radius 1 is 1.31 bits per heavy atom. The fourth-order valence-corrected chi connectivity index (χ4v) is 2.30. The molecule has 0 aromatic heterocycles. The van der Waals surface area contributed by atoms with Crippen LogP contribution in [0.4, 0.5) is 13.2 Å². The van der Waals surface area contributed by atoms with Crippen molar-refractivity contribution in [2.45, 2.75) is 50.9 Å². The zero-order valence-corrected chi connectivity index (χ0v) is 9.81. The molecule has 1 fully saturated rings. The van der Waals surface area contributed by atoms with E-state index in [4.69, 9.17) is 4.74 Å². The summed E-state index contributed by atoms with van der Waals surface area (Å²) in [5.74, 6) is 0.503. The molecule has 5 heteroatoms. The van der Waals surface area contributed by atoms with E-state index in [-0.39, 0.29) is 12.1 Å². The van der Waals surface area contributed by atoms with Gasteiger partial charge >= 0.3 is 6.18 Å². The number of ether oxygens (including phenoxy) is 1. The molecule has 0 aromatic rings. The summed E-state index contributed by atoms with van der Waals surface area (Å²) in [6, 6.07) is 0.0603. The molecule has 1 N–H and O–H groups in total. The van der Waals surface area contributed by atoms with Gasteiger partial charge in [-0.1, -0.05) is 13.3 Å². The van der Waals surface area contributed by atoms with Crippen molar-refractivity contribution >= 4 is 0 Å². The van der Waals surface area contributed by atoms with Crippen LogP contribution in [-0.4, -0.2) is 32.0 Å². The van der Waals surface area contributed by atoms with Gasteiger partial charge in [0, 0.05) is 6.04 Å². The average Bonchev–Trinajstić information content (AvgIpc) is 2.25. The zero-order chi connectivity index (χ0) is 12.2. The van der Waals surface area contributed by atoms with E-state index in [0.29, 0.717) is 5.92 Å². The first-order chi connectivity index (χ1) is 7.46. The SMILES string of the molecule is CCC1CCC(NC)C(OCC(F)(F)F)C1. The molecule has 3 unspecified atom stereocenters. The molecule has 0 spiro atoms. The molecule has 0 heterocycles. The van der Waals surface area contributed by atoms with Crippen LogP contribution in [0.3, 0.4) is 0 Å². The van der Waals surface area contributed by atoms with Gasteiger partial charge in [-0.25, -0.2) is 0 Å². The maximum Gasteiger partial charge on any atom is 0.411 e. The molecular weight excluding hydrogens is 219 g/mol. The average molecular weight is 239 g/mol. The van der Waals surface area contributed by atoms with Gasteiger partial charge in [-0.3, -0.25) is 0 Å². The smallest absolute Gasteiger partial charge is 0.367 e. The molecule has 2 nitrogen and oxygen atoms in total. The van der Waals surface area contributed by atoms with Crippen LogP contribution in [0.2, 0.25) is 0 Å². The van der Waals surface area contributed by atoms with E-state index in [9.17, 15) is 13.2 Å². The van der Waals surface area contributed by atoms with Crippen LogP contribution in [0.5, 0.6) is 0 Å². The van der Waals surface area contributed by atoms with Crippen molar-refractivity contribution in [1.29, 1.82) is 0 Å². The Bertz CT molecular complexity index is 208. The van der Waals surface area contributed by atoms with Crippen LogP contribution in [0.1, 0.15) is 32.6 Å². The molecule has 0 saturated heterocycles. The molecular formula is C11H20F3NO. The molecule has 3 atom stereocenters. The third-order valence-corrected chi connectivity index (χ3v) is 3.31. The monoisotopic (exact) mass is 239 g/mol. The van der Waals surface area contributed by atoms with Gasteiger partial charge in [0.2, 0.25) is 0 Å². The van der Waals surface area contributed by atoms with Crippen LogP contribution >= 0.6 is 0 Å². The normalized spacial score (nSPS) is 31.7. The van der Waals surface area contributed by atoms with Crippen LogP contribution in [-0.2, 0) is 4.74 Å². The molecule has 1 aliphatic rings. The lowest BCUT2D eigenvalue weighted by Gasteiger charge is -2.35. The fourth-order valence-electron chi connectivity index (χ4n) is 2.30. The maximum atomic E-state index is 12.1. The molecule has 0 amide bonds. The van der Waals surface area contributed by atoms with E-state index in [2.05, 4.69) is 12.2 Å². The highest BCUT2D eigenvalue weighted by Crippen LogP contribution is 2.30. The van der Waals surface area contributed by atoms with Gasteiger partial charge in [-0.15, -0.1) is 0 Å². The van der Waals surface area contributed by atoms with Gasteiger partial charge < -0.3 is 10.1 Å². The lowest BCUT2D eigenvalue weighted by molar-refractivity contribution is -0.192. The molecule has 96 valence electrons. The van der Waals surface area contributed by atoms with Gasteiger partial charge in [-0.2, -0.15) is 13.2 Å². The Kier molecular flexibility index (Phi) is 5.05. The van der Waals surface area contributed by atoms with E-state index in [1.165, 1.54) is 0 Å². The Morgan fingerprint density at radius 2 is 2.00 bits per heavy atom. The summed E-state index contributed by atoms with van der Waals surface area (Å²) < 4.78 is 41.2. The molecule has 0 radical (unpaired) electrons. The highest BCUT2D eigenvalue weighted by atomic mass is 19.4. The van der Waals surface area contributed by atoms with Gasteiger partial charge in [0.1, 0.15) is 6.61 Å². The number of rotatable bonds is 4. The first-order valence-corrected chi connectivity index (χ1v) is 5.82. The second-order valence-electron chi connectivity index (χ2n) is 4.45. The molecule has 1 aliphatic carbocycles. The summed E-state index contributed by atoms with van der Waals surface area (Å²) in [5.41, 5.74) is 0. The third-order valence-electron chi connectivity index (χ3n) is 3.31. The van der Waals surface area contributed by atoms with Crippen molar-refractivity contribution in [2.75, 3.05) is 13.7 Å². The summed E-state index contributed by atoms with van der Waals surface area (Å²) in [4.78, 5) is 0. The summed E-state index contributed by atoms with van der Waals surface area (Å²) in [7, 11) is 1.78. The van der Waals surface area contributed by atoms with Crippen LogP contribution < -0.4 is 5.32 Å². The summed E-state index contributed by atoms with van der Waals surface area (Å²) >= 11 is 0. The summed E-state index contributed by atoms with van der Waals surface area (Å²) in [6.45, 7) is 0.942. The second-order valence-corrected chi connectivity index (χ2v) is 4.45. The van der Waals surface area contributed by atoms with E-state index in [1.54, 1.807) is 7.05 Å². The standard InChI is InChI=1S/C11H20F3NO/c1-3-8-4-5-9(15-2)10(6-8)16-7-11(12,13)14/h8-10,15H,3-7H2,1-2H3. The molecule has 0 aliphatic heterocycles. The number of hydrogen-bond acceptors (Lipinski definition) is 2. The molecule has 0 aromatic carbocycles. The Labute approximate surface area is 94.5 Å². The topological polar surface area (TPSA) is 21.3 Å². The quantitative estimate of drug-likeness (QED) is 0.814. The molecule has 1 saturated carbocycles. The van der Waals surface area contributed by atoms with E-state index in [1.807, 2.05) is 0 Å². The number of likely N-dealkylation sites (N-methyl/N-ethyl adjacent to an activating group) is 1.